The molecular formula is C24H24N2O2S. The molecule has 0 atom stereocenters. The minimum atomic E-state index is -3.66. The highest BCUT2D eigenvalue weighted by Gasteiger charge is 2.22. The Hall–Kier alpha value is -3.05. The fourth-order valence-electron chi connectivity index (χ4n) is 3.82. The lowest BCUT2D eigenvalue weighted by Gasteiger charge is -2.18. The van der Waals surface area contributed by atoms with Crippen LogP contribution in [0.4, 0.5) is 11.4 Å². The van der Waals surface area contributed by atoms with Crippen molar-refractivity contribution in [3.05, 3.63) is 72.8 Å². The number of benzene rings is 4. The van der Waals surface area contributed by atoms with E-state index in [4.69, 9.17) is 0 Å². The number of hydrogen-bond donors (Lipinski definition) is 0. The van der Waals surface area contributed by atoms with Gasteiger partial charge in [0, 0.05) is 55.7 Å². The quantitative estimate of drug-likeness (QED) is 0.482. The maximum atomic E-state index is 13.6. The van der Waals surface area contributed by atoms with Crippen LogP contribution in [0.1, 0.15) is 0 Å². The van der Waals surface area contributed by atoms with Crippen LogP contribution in [0.25, 0.3) is 21.5 Å². The maximum Gasteiger partial charge on any atom is 0.207 e. The van der Waals surface area contributed by atoms with Gasteiger partial charge in [-0.05, 0) is 35.7 Å². The van der Waals surface area contributed by atoms with E-state index in [-0.39, 0.29) is 0 Å². The van der Waals surface area contributed by atoms with Gasteiger partial charge >= 0.3 is 0 Å². The molecule has 0 saturated carbocycles. The van der Waals surface area contributed by atoms with E-state index in [1.807, 2.05) is 92.6 Å². The normalized spacial score (nSPS) is 11.7. The van der Waals surface area contributed by atoms with Gasteiger partial charge in [0.2, 0.25) is 9.84 Å². The molecule has 5 heteroatoms. The molecule has 4 aromatic carbocycles. The summed E-state index contributed by atoms with van der Waals surface area (Å²) in [5, 5.41) is 3.60. The summed E-state index contributed by atoms with van der Waals surface area (Å²) in [6.45, 7) is 0. The van der Waals surface area contributed by atoms with E-state index >= 15 is 0 Å². The van der Waals surface area contributed by atoms with Crippen LogP contribution in [0.5, 0.6) is 0 Å². The van der Waals surface area contributed by atoms with Crippen LogP contribution in [0, 0.1) is 0 Å². The fraction of sp³-hybridized carbons (Fsp3) is 0.167. The molecule has 0 radical (unpaired) electrons. The predicted octanol–water partition coefficient (Wildman–Crippen LogP) is 4.96. The van der Waals surface area contributed by atoms with Crippen molar-refractivity contribution in [2.75, 3.05) is 38.0 Å². The van der Waals surface area contributed by atoms with E-state index in [0.717, 1.165) is 32.9 Å². The Labute approximate surface area is 171 Å². The summed E-state index contributed by atoms with van der Waals surface area (Å²) in [5.41, 5.74) is 2.06. The first-order chi connectivity index (χ1) is 13.8. The van der Waals surface area contributed by atoms with E-state index in [2.05, 4.69) is 0 Å². The van der Waals surface area contributed by atoms with E-state index in [9.17, 15) is 8.42 Å². The lowest BCUT2D eigenvalue weighted by molar-refractivity contribution is 0.597. The average Bonchev–Trinajstić information content (AvgIpc) is 2.71. The highest BCUT2D eigenvalue weighted by atomic mass is 32.2. The average molecular weight is 405 g/mol. The molecule has 0 aliphatic heterocycles. The number of fused-ring (bicyclic) bond motifs is 2. The molecule has 0 unspecified atom stereocenters. The molecule has 4 aromatic rings. The van der Waals surface area contributed by atoms with Crippen molar-refractivity contribution >= 4 is 42.8 Å². The molecule has 0 aromatic heterocycles. The number of sulfone groups is 1. The molecule has 0 spiro atoms. The third kappa shape index (κ3) is 3.21. The zero-order chi connectivity index (χ0) is 20.8. The van der Waals surface area contributed by atoms with E-state index in [1.165, 1.54) is 0 Å². The van der Waals surface area contributed by atoms with Gasteiger partial charge in [-0.1, -0.05) is 42.5 Å². The standard InChI is InChI=1S/C24H24N2O2S/c1-25(2)22-11-5-8-17-16-18(14-15-19(17)22)29(27,28)24-13-7-9-20-21(24)10-6-12-23(20)26(3)4/h5-16H,1-4H3. The second-order valence-corrected chi connectivity index (χ2v) is 9.50. The summed E-state index contributed by atoms with van der Waals surface area (Å²) < 4.78 is 27.1. The van der Waals surface area contributed by atoms with Crippen molar-refractivity contribution in [3.63, 3.8) is 0 Å². The molecule has 0 aliphatic carbocycles. The molecule has 0 saturated heterocycles. The van der Waals surface area contributed by atoms with Crippen molar-refractivity contribution in [2.45, 2.75) is 9.79 Å². The molecule has 29 heavy (non-hydrogen) atoms. The zero-order valence-electron chi connectivity index (χ0n) is 17.0. The lowest BCUT2D eigenvalue weighted by Crippen LogP contribution is -2.10. The Morgan fingerprint density at radius 2 is 1.21 bits per heavy atom. The second-order valence-electron chi connectivity index (χ2n) is 7.58. The van der Waals surface area contributed by atoms with Crippen LogP contribution in [0.15, 0.2) is 82.6 Å². The number of hydrogen-bond acceptors (Lipinski definition) is 4. The molecule has 148 valence electrons. The maximum absolute atomic E-state index is 13.6. The van der Waals surface area contributed by atoms with Gasteiger partial charge in [0.25, 0.3) is 0 Å². The fourth-order valence-corrected chi connectivity index (χ4v) is 5.33. The summed E-state index contributed by atoms with van der Waals surface area (Å²) in [6.07, 6.45) is 0. The van der Waals surface area contributed by atoms with Crippen molar-refractivity contribution in [2.24, 2.45) is 0 Å². The van der Waals surface area contributed by atoms with Crippen molar-refractivity contribution in [1.29, 1.82) is 0 Å². The number of anilines is 2. The van der Waals surface area contributed by atoms with Gasteiger partial charge in [-0.3, -0.25) is 0 Å². The topological polar surface area (TPSA) is 40.6 Å². The zero-order valence-corrected chi connectivity index (χ0v) is 17.9. The predicted molar refractivity (Wildman–Crippen MR) is 122 cm³/mol. The van der Waals surface area contributed by atoms with Crippen molar-refractivity contribution in [1.82, 2.24) is 0 Å². The first-order valence-corrected chi connectivity index (χ1v) is 10.9. The Morgan fingerprint density at radius 1 is 0.621 bits per heavy atom. The third-order valence-electron chi connectivity index (χ3n) is 5.25. The number of rotatable bonds is 4. The third-order valence-corrected chi connectivity index (χ3v) is 7.06. The van der Waals surface area contributed by atoms with Crippen LogP contribution in [-0.4, -0.2) is 36.6 Å². The van der Waals surface area contributed by atoms with Gasteiger partial charge in [-0.25, -0.2) is 8.42 Å². The molecule has 0 N–H and O–H groups in total. The largest absolute Gasteiger partial charge is 0.377 e. The molecule has 0 amide bonds. The van der Waals surface area contributed by atoms with Crippen LogP contribution in [-0.2, 0) is 9.84 Å². The van der Waals surface area contributed by atoms with E-state index < -0.39 is 9.84 Å². The minimum absolute atomic E-state index is 0.309. The van der Waals surface area contributed by atoms with Crippen LogP contribution >= 0.6 is 0 Å². The second kappa shape index (κ2) is 7.08. The molecule has 4 nitrogen and oxygen atoms in total. The summed E-state index contributed by atoms with van der Waals surface area (Å²) in [5.74, 6) is 0. The van der Waals surface area contributed by atoms with Crippen molar-refractivity contribution < 1.29 is 8.42 Å². The van der Waals surface area contributed by atoms with Crippen LogP contribution in [0.2, 0.25) is 0 Å². The van der Waals surface area contributed by atoms with Gasteiger partial charge < -0.3 is 9.80 Å². The molecule has 0 heterocycles. The van der Waals surface area contributed by atoms with Gasteiger partial charge in [0.15, 0.2) is 0 Å². The summed E-state index contributed by atoms with van der Waals surface area (Å²) in [4.78, 5) is 4.67. The summed E-state index contributed by atoms with van der Waals surface area (Å²) in [7, 11) is 4.22. The lowest BCUT2D eigenvalue weighted by atomic mass is 10.1. The molecule has 0 aliphatic rings. The Bertz CT molecular complexity index is 1330. The van der Waals surface area contributed by atoms with Gasteiger partial charge in [0.05, 0.1) is 9.79 Å². The van der Waals surface area contributed by atoms with E-state index in [0.29, 0.717) is 9.79 Å². The smallest absolute Gasteiger partial charge is 0.207 e. The Kier molecular flexibility index (Phi) is 4.71. The van der Waals surface area contributed by atoms with Crippen LogP contribution in [0.3, 0.4) is 0 Å². The van der Waals surface area contributed by atoms with Crippen molar-refractivity contribution in [3.8, 4) is 0 Å². The van der Waals surface area contributed by atoms with Gasteiger partial charge in [-0.2, -0.15) is 0 Å². The molecule has 0 fully saturated rings. The summed E-state index contributed by atoms with van der Waals surface area (Å²) in [6, 6.07) is 22.6. The minimum Gasteiger partial charge on any atom is -0.377 e. The van der Waals surface area contributed by atoms with Gasteiger partial charge in [0.1, 0.15) is 0 Å². The molecule has 4 rings (SSSR count). The molecule has 0 bridgehead atoms. The first-order valence-electron chi connectivity index (χ1n) is 9.45. The highest BCUT2D eigenvalue weighted by Crippen LogP contribution is 2.34. The SMILES string of the molecule is CN(C)c1cccc2cc(S(=O)(=O)c3cccc4c(N(C)C)cccc34)ccc12. The first kappa shape index (κ1) is 19.3. The highest BCUT2D eigenvalue weighted by molar-refractivity contribution is 7.91. The molecular weight excluding hydrogens is 380 g/mol. The summed E-state index contributed by atoms with van der Waals surface area (Å²) >= 11 is 0. The van der Waals surface area contributed by atoms with E-state index in [1.54, 1.807) is 18.2 Å². The monoisotopic (exact) mass is 404 g/mol. The van der Waals surface area contributed by atoms with Crippen LogP contribution < -0.4 is 9.80 Å². The Morgan fingerprint density at radius 3 is 1.90 bits per heavy atom. The Balaban J connectivity index is 1.93. The van der Waals surface area contributed by atoms with Gasteiger partial charge in [-0.15, -0.1) is 0 Å². The number of nitrogens with zero attached hydrogens (tertiary/aromatic N) is 2.